The SMILES string of the molecule is Cc1ccc(C(C)N2CCC(C(=O)O)C2)s1. The fourth-order valence-electron chi connectivity index (χ4n) is 2.20. The summed E-state index contributed by atoms with van der Waals surface area (Å²) in [7, 11) is 0. The summed E-state index contributed by atoms with van der Waals surface area (Å²) >= 11 is 1.80. The number of carbonyl (C=O) groups is 1. The maximum Gasteiger partial charge on any atom is 0.307 e. The van der Waals surface area contributed by atoms with E-state index in [2.05, 4.69) is 30.9 Å². The highest BCUT2D eigenvalue weighted by molar-refractivity contribution is 7.12. The number of hydrogen-bond acceptors (Lipinski definition) is 3. The first-order valence-electron chi connectivity index (χ1n) is 5.61. The topological polar surface area (TPSA) is 40.5 Å². The molecule has 2 unspecified atom stereocenters. The number of carboxylic acid groups (broad SMARTS) is 1. The Morgan fingerprint density at radius 2 is 2.38 bits per heavy atom. The van der Waals surface area contributed by atoms with Crippen LogP contribution in [0.25, 0.3) is 0 Å². The third-order valence-electron chi connectivity index (χ3n) is 3.29. The highest BCUT2D eigenvalue weighted by Gasteiger charge is 2.31. The molecule has 0 aromatic carbocycles. The molecular formula is C12H17NO2S. The standard InChI is InChI=1S/C12H17NO2S/c1-8-3-4-11(16-8)9(2)13-6-5-10(7-13)12(14)15/h3-4,9-10H,5-7H2,1-2H3,(H,14,15). The molecule has 3 nitrogen and oxygen atoms in total. The van der Waals surface area contributed by atoms with Gasteiger partial charge in [-0.05, 0) is 38.9 Å². The Morgan fingerprint density at radius 3 is 2.88 bits per heavy atom. The molecule has 0 saturated carbocycles. The molecular weight excluding hydrogens is 222 g/mol. The molecule has 2 heterocycles. The van der Waals surface area contributed by atoms with E-state index in [1.54, 1.807) is 11.3 Å². The number of rotatable bonds is 3. The van der Waals surface area contributed by atoms with Gasteiger partial charge in [-0.1, -0.05) is 0 Å². The van der Waals surface area contributed by atoms with Gasteiger partial charge in [0.15, 0.2) is 0 Å². The van der Waals surface area contributed by atoms with Gasteiger partial charge >= 0.3 is 5.97 Å². The summed E-state index contributed by atoms with van der Waals surface area (Å²) in [4.78, 5) is 15.8. The molecule has 1 aromatic heterocycles. The Balaban J connectivity index is 2.02. The van der Waals surface area contributed by atoms with Gasteiger partial charge in [0.1, 0.15) is 0 Å². The van der Waals surface area contributed by atoms with Crippen molar-refractivity contribution in [3.63, 3.8) is 0 Å². The average Bonchev–Trinajstić information content (AvgIpc) is 2.84. The summed E-state index contributed by atoms with van der Waals surface area (Å²) < 4.78 is 0. The summed E-state index contributed by atoms with van der Waals surface area (Å²) in [6, 6.07) is 4.63. The Kier molecular flexibility index (Phi) is 3.30. The fourth-order valence-corrected chi connectivity index (χ4v) is 3.16. The third-order valence-corrected chi connectivity index (χ3v) is 4.46. The van der Waals surface area contributed by atoms with Crippen LogP contribution in [0.3, 0.4) is 0 Å². The zero-order valence-electron chi connectivity index (χ0n) is 9.64. The molecule has 0 bridgehead atoms. The number of aryl methyl sites for hydroxylation is 1. The maximum absolute atomic E-state index is 10.9. The number of carboxylic acids is 1. The van der Waals surface area contributed by atoms with Gasteiger partial charge in [0, 0.05) is 22.3 Å². The van der Waals surface area contributed by atoms with Gasteiger partial charge in [-0.25, -0.2) is 0 Å². The van der Waals surface area contributed by atoms with Gasteiger partial charge in [0.05, 0.1) is 5.92 Å². The van der Waals surface area contributed by atoms with Crippen LogP contribution in [0, 0.1) is 12.8 Å². The first-order chi connectivity index (χ1) is 7.58. The minimum atomic E-state index is -0.655. The van der Waals surface area contributed by atoms with Crippen molar-refractivity contribution in [2.45, 2.75) is 26.3 Å². The predicted molar refractivity (Wildman–Crippen MR) is 64.8 cm³/mol. The lowest BCUT2D eigenvalue weighted by Gasteiger charge is -2.22. The van der Waals surface area contributed by atoms with E-state index in [1.807, 2.05) is 0 Å². The maximum atomic E-state index is 10.9. The lowest BCUT2D eigenvalue weighted by Crippen LogP contribution is -2.25. The van der Waals surface area contributed by atoms with Gasteiger partial charge in [-0.3, -0.25) is 9.69 Å². The number of likely N-dealkylation sites (tertiary alicyclic amines) is 1. The second-order valence-electron chi connectivity index (χ2n) is 4.44. The van der Waals surface area contributed by atoms with E-state index in [0.717, 1.165) is 13.0 Å². The molecule has 16 heavy (non-hydrogen) atoms. The van der Waals surface area contributed by atoms with Crippen LogP contribution in [-0.4, -0.2) is 29.1 Å². The van der Waals surface area contributed by atoms with E-state index < -0.39 is 5.97 Å². The van der Waals surface area contributed by atoms with Crippen molar-refractivity contribution in [2.24, 2.45) is 5.92 Å². The predicted octanol–water partition coefficient (Wildman–Crippen LogP) is 2.52. The van der Waals surface area contributed by atoms with Gasteiger partial charge in [0.25, 0.3) is 0 Å². The van der Waals surface area contributed by atoms with Gasteiger partial charge < -0.3 is 5.11 Å². The average molecular weight is 239 g/mol. The Labute approximate surface area is 99.7 Å². The van der Waals surface area contributed by atoms with Crippen molar-refractivity contribution in [1.29, 1.82) is 0 Å². The molecule has 0 amide bonds. The summed E-state index contributed by atoms with van der Waals surface area (Å²) in [5.74, 6) is -0.833. The van der Waals surface area contributed by atoms with Crippen molar-refractivity contribution in [1.82, 2.24) is 4.90 Å². The number of thiophene rings is 1. The quantitative estimate of drug-likeness (QED) is 0.881. The smallest absolute Gasteiger partial charge is 0.307 e. The van der Waals surface area contributed by atoms with Crippen LogP contribution in [0.1, 0.15) is 29.1 Å². The lowest BCUT2D eigenvalue weighted by molar-refractivity contribution is -0.141. The number of aliphatic carboxylic acids is 1. The minimum Gasteiger partial charge on any atom is -0.481 e. The summed E-state index contributed by atoms with van der Waals surface area (Å²) in [6.45, 7) is 5.85. The van der Waals surface area contributed by atoms with Crippen molar-refractivity contribution >= 4 is 17.3 Å². The van der Waals surface area contributed by atoms with E-state index in [1.165, 1.54) is 9.75 Å². The van der Waals surface area contributed by atoms with E-state index in [0.29, 0.717) is 12.6 Å². The minimum absolute atomic E-state index is 0.177. The van der Waals surface area contributed by atoms with Gasteiger partial charge in [-0.15, -0.1) is 11.3 Å². The molecule has 1 N–H and O–H groups in total. The lowest BCUT2D eigenvalue weighted by atomic mass is 10.1. The number of nitrogens with zero attached hydrogens (tertiary/aromatic N) is 1. The van der Waals surface area contributed by atoms with Crippen LogP contribution in [0.2, 0.25) is 0 Å². The summed E-state index contributed by atoms with van der Waals surface area (Å²) in [5, 5.41) is 8.96. The Bertz CT molecular complexity index is 388. The fraction of sp³-hybridized carbons (Fsp3) is 0.583. The van der Waals surface area contributed by atoms with Crippen LogP contribution in [-0.2, 0) is 4.79 Å². The molecule has 88 valence electrons. The summed E-state index contributed by atoms with van der Waals surface area (Å²) in [5.41, 5.74) is 0. The second-order valence-corrected chi connectivity index (χ2v) is 5.76. The monoisotopic (exact) mass is 239 g/mol. The van der Waals surface area contributed by atoms with Crippen molar-refractivity contribution < 1.29 is 9.90 Å². The van der Waals surface area contributed by atoms with Crippen molar-refractivity contribution in [3.8, 4) is 0 Å². The molecule has 0 spiro atoms. The molecule has 1 fully saturated rings. The van der Waals surface area contributed by atoms with Crippen molar-refractivity contribution in [2.75, 3.05) is 13.1 Å². The molecule has 4 heteroatoms. The molecule has 0 aliphatic carbocycles. The normalized spacial score (nSPS) is 23.5. The third kappa shape index (κ3) is 2.28. The molecule has 1 aliphatic heterocycles. The molecule has 1 aromatic rings. The van der Waals surface area contributed by atoms with Crippen molar-refractivity contribution in [3.05, 3.63) is 21.9 Å². The largest absolute Gasteiger partial charge is 0.481 e. The molecule has 2 atom stereocenters. The highest BCUT2D eigenvalue weighted by Crippen LogP contribution is 2.31. The molecule has 1 saturated heterocycles. The first-order valence-corrected chi connectivity index (χ1v) is 6.43. The molecule has 2 rings (SSSR count). The van der Waals surface area contributed by atoms with Crippen LogP contribution >= 0.6 is 11.3 Å². The molecule has 1 aliphatic rings. The zero-order chi connectivity index (χ0) is 11.7. The Hall–Kier alpha value is -0.870. The van der Waals surface area contributed by atoms with Crippen LogP contribution in [0.4, 0.5) is 0 Å². The van der Waals surface area contributed by atoms with Gasteiger partial charge in [0.2, 0.25) is 0 Å². The summed E-state index contributed by atoms with van der Waals surface area (Å²) in [6.07, 6.45) is 0.782. The number of hydrogen-bond donors (Lipinski definition) is 1. The second kappa shape index (κ2) is 4.55. The Morgan fingerprint density at radius 1 is 1.62 bits per heavy atom. The first kappa shape index (κ1) is 11.6. The van der Waals surface area contributed by atoms with Crippen LogP contribution < -0.4 is 0 Å². The van der Waals surface area contributed by atoms with Crippen LogP contribution in [0.5, 0.6) is 0 Å². The van der Waals surface area contributed by atoms with E-state index in [4.69, 9.17) is 5.11 Å². The molecule has 0 radical (unpaired) electrons. The highest BCUT2D eigenvalue weighted by atomic mass is 32.1. The van der Waals surface area contributed by atoms with E-state index in [-0.39, 0.29) is 5.92 Å². The van der Waals surface area contributed by atoms with Gasteiger partial charge in [-0.2, -0.15) is 0 Å². The zero-order valence-corrected chi connectivity index (χ0v) is 10.5. The van der Waals surface area contributed by atoms with E-state index >= 15 is 0 Å². The van der Waals surface area contributed by atoms with Crippen LogP contribution in [0.15, 0.2) is 12.1 Å². The van der Waals surface area contributed by atoms with E-state index in [9.17, 15) is 4.79 Å².